The maximum absolute atomic E-state index is 13.1. The summed E-state index contributed by atoms with van der Waals surface area (Å²) in [5.74, 6) is -0.577. The lowest BCUT2D eigenvalue weighted by atomic mass is 10.1. The van der Waals surface area contributed by atoms with Crippen LogP contribution in [0, 0.1) is 18.6 Å². The molecule has 0 unspecified atom stereocenters. The fraction of sp³-hybridized carbons (Fsp3) is 0.143. The lowest BCUT2D eigenvalue weighted by Crippen LogP contribution is -2.02. The van der Waals surface area contributed by atoms with E-state index in [0.717, 1.165) is 15.6 Å². The van der Waals surface area contributed by atoms with Crippen LogP contribution >= 0.6 is 15.9 Å². The standard InChI is InChI=1S/C14H12BrF2N/c1-9-2-3-11(16)6-10(9)8-18-14-7-12(17)4-5-13(14)15/h2-7,18H,8H2,1H3. The van der Waals surface area contributed by atoms with Crippen LogP contribution in [0.2, 0.25) is 0 Å². The highest BCUT2D eigenvalue weighted by molar-refractivity contribution is 9.10. The number of aryl methyl sites for hydroxylation is 1. The molecule has 0 aromatic heterocycles. The molecule has 0 aliphatic heterocycles. The van der Waals surface area contributed by atoms with Crippen LogP contribution in [0.1, 0.15) is 11.1 Å². The Labute approximate surface area is 113 Å². The van der Waals surface area contributed by atoms with Crippen molar-refractivity contribution in [2.45, 2.75) is 13.5 Å². The minimum Gasteiger partial charge on any atom is -0.380 e. The largest absolute Gasteiger partial charge is 0.380 e. The number of anilines is 1. The fourth-order valence-corrected chi connectivity index (χ4v) is 2.04. The molecular formula is C14H12BrF2N. The van der Waals surface area contributed by atoms with Gasteiger partial charge in [0.15, 0.2) is 0 Å². The maximum atomic E-state index is 13.1. The van der Waals surface area contributed by atoms with Crippen LogP contribution in [-0.2, 0) is 6.54 Å². The van der Waals surface area contributed by atoms with Gasteiger partial charge in [-0.15, -0.1) is 0 Å². The number of hydrogen-bond acceptors (Lipinski definition) is 1. The summed E-state index contributed by atoms with van der Waals surface area (Å²) in [6.45, 7) is 2.36. The van der Waals surface area contributed by atoms with Gasteiger partial charge in [-0.3, -0.25) is 0 Å². The summed E-state index contributed by atoms with van der Waals surface area (Å²) in [6.07, 6.45) is 0. The van der Waals surface area contributed by atoms with Crippen molar-refractivity contribution in [1.29, 1.82) is 0 Å². The fourth-order valence-electron chi connectivity index (χ4n) is 1.65. The zero-order valence-corrected chi connectivity index (χ0v) is 11.4. The molecule has 94 valence electrons. The zero-order chi connectivity index (χ0) is 13.1. The van der Waals surface area contributed by atoms with Gasteiger partial charge in [-0.25, -0.2) is 8.78 Å². The predicted octanol–water partition coefficient (Wildman–Crippen LogP) is 4.65. The van der Waals surface area contributed by atoms with Crippen LogP contribution < -0.4 is 5.32 Å². The Balaban J connectivity index is 2.16. The van der Waals surface area contributed by atoms with Gasteiger partial charge in [-0.1, -0.05) is 6.07 Å². The smallest absolute Gasteiger partial charge is 0.125 e. The van der Waals surface area contributed by atoms with Crippen molar-refractivity contribution in [3.8, 4) is 0 Å². The highest BCUT2D eigenvalue weighted by atomic mass is 79.9. The number of nitrogens with one attached hydrogen (secondary N) is 1. The van der Waals surface area contributed by atoms with Crippen LogP contribution in [0.25, 0.3) is 0 Å². The topological polar surface area (TPSA) is 12.0 Å². The Morgan fingerprint density at radius 2 is 1.72 bits per heavy atom. The van der Waals surface area contributed by atoms with E-state index in [4.69, 9.17) is 0 Å². The lowest BCUT2D eigenvalue weighted by molar-refractivity contribution is 0.624. The number of hydrogen-bond donors (Lipinski definition) is 1. The highest BCUT2D eigenvalue weighted by Gasteiger charge is 2.04. The molecule has 0 bridgehead atoms. The Hall–Kier alpha value is -1.42. The van der Waals surface area contributed by atoms with E-state index in [1.807, 2.05) is 6.92 Å². The van der Waals surface area contributed by atoms with Gasteiger partial charge in [0.25, 0.3) is 0 Å². The molecule has 0 fully saturated rings. The molecule has 2 aromatic carbocycles. The van der Waals surface area contributed by atoms with Crippen molar-refractivity contribution in [3.05, 3.63) is 63.6 Å². The normalized spacial score (nSPS) is 10.4. The van der Waals surface area contributed by atoms with E-state index in [1.165, 1.54) is 24.3 Å². The van der Waals surface area contributed by atoms with E-state index in [0.29, 0.717) is 12.2 Å². The van der Waals surface area contributed by atoms with Gasteiger partial charge >= 0.3 is 0 Å². The number of rotatable bonds is 3. The molecule has 1 nitrogen and oxygen atoms in total. The predicted molar refractivity (Wildman–Crippen MR) is 72.6 cm³/mol. The molecule has 0 amide bonds. The summed E-state index contributed by atoms with van der Waals surface area (Å²) in [7, 11) is 0. The van der Waals surface area contributed by atoms with Crippen molar-refractivity contribution in [2.24, 2.45) is 0 Å². The van der Waals surface area contributed by atoms with Gasteiger partial charge < -0.3 is 5.32 Å². The molecule has 0 aliphatic carbocycles. The first-order valence-corrected chi connectivity index (χ1v) is 6.29. The lowest BCUT2D eigenvalue weighted by Gasteiger charge is -2.11. The molecule has 0 aliphatic rings. The Morgan fingerprint density at radius 3 is 2.50 bits per heavy atom. The molecule has 0 saturated carbocycles. The summed E-state index contributed by atoms with van der Waals surface area (Å²) in [5.41, 5.74) is 2.50. The second-order valence-electron chi connectivity index (χ2n) is 4.05. The third-order valence-electron chi connectivity index (χ3n) is 2.71. The summed E-state index contributed by atoms with van der Waals surface area (Å²) < 4.78 is 27.0. The van der Waals surface area contributed by atoms with Gasteiger partial charge in [0.1, 0.15) is 11.6 Å². The Kier molecular flexibility index (Phi) is 3.97. The minimum atomic E-state index is -0.309. The third kappa shape index (κ3) is 3.07. The monoisotopic (exact) mass is 311 g/mol. The van der Waals surface area contributed by atoms with Crippen molar-refractivity contribution >= 4 is 21.6 Å². The van der Waals surface area contributed by atoms with E-state index in [2.05, 4.69) is 21.2 Å². The average Bonchev–Trinajstić information content (AvgIpc) is 2.34. The summed E-state index contributed by atoms with van der Waals surface area (Å²) >= 11 is 3.33. The molecule has 2 rings (SSSR count). The maximum Gasteiger partial charge on any atom is 0.125 e. The van der Waals surface area contributed by atoms with Gasteiger partial charge in [0.2, 0.25) is 0 Å². The molecule has 2 aromatic rings. The van der Waals surface area contributed by atoms with Crippen molar-refractivity contribution < 1.29 is 8.78 Å². The van der Waals surface area contributed by atoms with Crippen LogP contribution in [-0.4, -0.2) is 0 Å². The molecule has 0 heterocycles. The summed E-state index contributed by atoms with van der Waals surface area (Å²) in [5, 5.41) is 3.08. The third-order valence-corrected chi connectivity index (χ3v) is 3.40. The molecule has 0 spiro atoms. The van der Waals surface area contributed by atoms with Crippen LogP contribution in [0.4, 0.5) is 14.5 Å². The van der Waals surface area contributed by atoms with Gasteiger partial charge in [0.05, 0.1) is 5.69 Å². The summed E-state index contributed by atoms with van der Waals surface area (Å²) in [4.78, 5) is 0. The van der Waals surface area contributed by atoms with Crippen LogP contribution in [0.15, 0.2) is 40.9 Å². The van der Waals surface area contributed by atoms with E-state index < -0.39 is 0 Å². The molecule has 0 atom stereocenters. The van der Waals surface area contributed by atoms with Gasteiger partial charge in [-0.2, -0.15) is 0 Å². The first-order valence-electron chi connectivity index (χ1n) is 5.50. The molecule has 1 N–H and O–H groups in total. The second kappa shape index (κ2) is 5.48. The van der Waals surface area contributed by atoms with E-state index in [-0.39, 0.29) is 11.6 Å². The van der Waals surface area contributed by atoms with E-state index >= 15 is 0 Å². The van der Waals surface area contributed by atoms with Crippen LogP contribution in [0.3, 0.4) is 0 Å². The summed E-state index contributed by atoms with van der Waals surface area (Å²) in [6, 6.07) is 9.05. The average molecular weight is 312 g/mol. The van der Waals surface area contributed by atoms with Crippen molar-refractivity contribution in [3.63, 3.8) is 0 Å². The molecule has 0 radical (unpaired) electrons. The molecule has 0 saturated heterocycles. The Bertz CT molecular complexity index is 518. The first-order chi connectivity index (χ1) is 8.56. The molecule has 18 heavy (non-hydrogen) atoms. The van der Waals surface area contributed by atoms with Gasteiger partial charge in [0, 0.05) is 11.0 Å². The van der Waals surface area contributed by atoms with Crippen LogP contribution in [0.5, 0.6) is 0 Å². The van der Waals surface area contributed by atoms with Crippen molar-refractivity contribution in [2.75, 3.05) is 5.32 Å². The zero-order valence-electron chi connectivity index (χ0n) is 9.81. The second-order valence-corrected chi connectivity index (χ2v) is 4.90. The molecule has 4 heteroatoms. The van der Waals surface area contributed by atoms with E-state index in [9.17, 15) is 8.78 Å². The number of benzene rings is 2. The van der Waals surface area contributed by atoms with E-state index in [1.54, 1.807) is 12.1 Å². The molecular weight excluding hydrogens is 300 g/mol. The SMILES string of the molecule is Cc1ccc(F)cc1CNc1cc(F)ccc1Br. The first kappa shape index (κ1) is 13.0. The minimum absolute atomic E-state index is 0.268. The Morgan fingerprint density at radius 1 is 1.06 bits per heavy atom. The number of halogens is 3. The van der Waals surface area contributed by atoms with Gasteiger partial charge in [-0.05, 0) is 64.3 Å². The quantitative estimate of drug-likeness (QED) is 0.870. The highest BCUT2D eigenvalue weighted by Crippen LogP contribution is 2.24. The van der Waals surface area contributed by atoms with Crippen molar-refractivity contribution in [1.82, 2.24) is 0 Å².